The zero-order chi connectivity index (χ0) is 48.5. The van der Waals surface area contributed by atoms with E-state index in [-0.39, 0.29) is 25.2 Å². The van der Waals surface area contributed by atoms with Gasteiger partial charge in [0.2, 0.25) is 0 Å². The van der Waals surface area contributed by atoms with Crippen LogP contribution in [0.5, 0.6) is 0 Å². The van der Waals surface area contributed by atoms with Crippen molar-refractivity contribution in [2.45, 2.75) is 347 Å². The van der Waals surface area contributed by atoms with Crippen LogP contribution in [0, 0.1) is 0 Å². The molecule has 5 heteroatoms. The molecule has 0 rings (SSSR count). The highest BCUT2D eigenvalue weighted by Gasteiger charge is 2.16. The van der Waals surface area contributed by atoms with Gasteiger partial charge in [-0.3, -0.25) is 9.59 Å². The van der Waals surface area contributed by atoms with E-state index >= 15 is 0 Å². The van der Waals surface area contributed by atoms with Crippen molar-refractivity contribution in [1.29, 1.82) is 0 Å². The number of hydrogen-bond acceptors (Lipinski definition) is 5. The van der Waals surface area contributed by atoms with Crippen molar-refractivity contribution in [2.24, 2.45) is 0 Å². The highest BCUT2D eigenvalue weighted by molar-refractivity contribution is 5.70. The first-order chi connectivity index (χ1) is 33.1. The maximum absolute atomic E-state index is 12.3. The summed E-state index contributed by atoms with van der Waals surface area (Å²) in [7, 11) is 0. The Bertz CT molecular complexity index is 1020. The number of allylic oxidation sites excluding steroid dienone is 4. The first-order valence-electron chi connectivity index (χ1n) is 30.4. The molecule has 1 unspecified atom stereocenters. The van der Waals surface area contributed by atoms with E-state index in [1.165, 1.54) is 276 Å². The summed E-state index contributed by atoms with van der Waals surface area (Å²) in [4.78, 5) is 24.6. The molecular weight excluding hydrogens is 825 g/mol. The van der Waals surface area contributed by atoms with E-state index in [1.54, 1.807) is 0 Å². The molecule has 0 saturated heterocycles. The Balaban J connectivity index is 3.41. The van der Waals surface area contributed by atoms with Gasteiger partial charge >= 0.3 is 11.9 Å². The molecular formula is C62H118O5. The van der Waals surface area contributed by atoms with Crippen molar-refractivity contribution in [3.63, 3.8) is 0 Å². The van der Waals surface area contributed by atoms with E-state index in [1.807, 2.05) is 0 Å². The number of carbonyl (C=O) groups excluding carboxylic acids is 2. The highest BCUT2D eigenvalue weighted by atomic mass is 16.6. The molecule has 0 aliphatic heterocycles. The van der Waals surface area contributed by atoms with Crippen LogP contribution in [0.1, 0.15) is 341 Å². The predicted octanol–water partition coefficient (Wildman–Crippen LogP) is 20.5. The van der Waals surface area contributed by atoms with Gasteiger partial charge in [0.05, 0.1) is 6.61 Å². The molecule has 0 aromatic heterocycles. The number of aliphatic hydroxyl groups excluding tert-OH is 1. The standard InChI is InChI=1S/C62H118O5/c1-3-5-7-9-11-13-15-17-19-21-23-25-27-29-31-33-35-37-39-41-43-45-47-49-51-53-55-57-62(65)67-60(58-63)59-66-61(64)56-54-52-50-48-46-44-42-40-38-36-34-32-30-28-26-24-22-20-18-16-14-12-10-8-6-4-2/h15,17,21,23,60,63H,3-14,16,18-20,22,24-59H2,1-2H3/b17-15-,23-21-. The summed E-state index contributed by atoms with van der Waals surface area (Å²) in [5.41, 5.74) is 0. The minimum Gasteiger partial charge on any atom is -0.462 e. The maximum Gasteiger partial charge on any atom is 0.306 e. The largest absolute Gasteiger partial charge is 0.462 e. The lowest BCUT2D eigenvalue weighted by Crippen LogP contribution is -2.28. The summed E-state index contributed by atoms with van der Waals surface area (Å²) in [5.74, 6) is -0.568. The molecule has 0 bridgehead atoms. The van der Waals surface area contributed by atoms with E-state index in [9.17, 15) is 14.7 Å². The smallest absolute Gasteiger partial charge is 0.306 e. The van der Waals surface area contributed by atoms with Crippen LogP contribution in [-0.2, 0) is 19.1 Å². The van der Waals surface area contributed by atoms with Crippen molar-refractivity contribution >= 4 is 11.9 Å². The number of carbonyl (C=O) groups is 2. The predicted molar refractivity (Wildman–Crippen MR) is 293 cm³/mol. The van der Waals surface area contributed by atoms with E-state index in [2.05, 4.69) is 38.2 Å². The highest BCUT2D eigenvalue weighted by Crippen LogP contribution is 2.18. The van der Waals surface area contributed by atoms with Gasteiger partial charge in [0.25, 0.3) is 0 Å². The average Bonchev–Trinajstić information content (AvgIpc) is 3.33. The second-order valence-electron chi connectivity index (χ2n) is 20.8. The van der Waals surface area contributed by atoms with Crippen LogP contribution >= 0.6 is 0 Å². The van der Waals surface area contributed by atoms with Gasteiger partial charge in [0, 0.05) is 12.8 Å². The molecule has 0 radical (unpaired) electrons. The number of hydrogen-bond donors (Lipinski definition) is 1. The zero-order valence-corrected chi connectivity index (χ0v) is 45.4. The Morgan fingerprint density at radius 2 is 0.597 bits per heavy atom. The first kappa shape index (κ1) is 65.4. The van der Waals surface area contributed by atoms with Gasteiger partial charge in [0.15, 0.2) is 6.10 Å². The molecule has 396 valence electrons. The summed E-state index contributed by atoms with van der Waals surface area (Å²) in [6, 6.07) is 0. The first-order valence-corrected chi connectivity index (χ1v) is 30.4. The molecule has 0 aliphatic rings. The minimum absolute atomic E-state index is 0.0590. The van der Waals surface area contributed by atoms with Crippen LogP contribution in [0.25, 0.3) is 0 Å². The number of rotatable bonds is 57. The molecule has 0 amide bonds. The van der Waals surface area contributed by atoms with Gasteiger partial charge in [-0.1, -0.05) is 308 Å². The van der Waals surface area contributed by atoms with E-state index in [0.29, 0.717) is 12.8 Å². The van der Waals surface area contributed by atoms with Crippen molar-refractivity contribution < 1.29 is 24.2 Å². The van der Waals surface area contributed by atoms with Gasteiger partial charge in [-0.2, -0.15) is 0 Å². The van der Waals surface area contributed by atoms with E-state index < -0.39 is 6.10 Å². The fourth-order valence-corrected chi connectivity index (χ4v) is 9.41. The SMILES string of the molecule is CCCCCCC/C=C\C/C=C\CCCCCCCCCCCCCCCCCC(=O)OC(CO)COC(=O)CCCCCCCCCCCCCCCCCCCCCCCCCCCC. The summed E-state index contributed by atoms with van der Waals surface area (Å²) < 4.78 is 10.7. The lowest BCUT2D eigenvalue weighted by atomic mass is 10.0. The topological polar surface area (TPSA) is 72.8 Å². The van der Waals surface area contributed by atoms with Gasteiger partial charge in [-0.25, -0.2) is 0 Å². The summed E-state index contributed by atoms with van der Waals surface area (Å²) in [5, 5.41) is 9.67. The summed E-state index contributed by atoms with van der Waals surface area (Å²) >= 11 is 0. The molecule has 1 atom stereocenters. The second-order valence-corrected chi connectivity index (χ2v) is 20.8. The molecule has 0 aliphatic carbocycles. The third-order valence-electron chi connectivity index (χ3n) is 14.0. The van der Waals surface area contributed by atoms with E-state index in [4.69, 9.17) is 9.47 Å². The lowest BCUT2D eigenvalue weighted by molar-refractivity contribution is -0.161. The van der Waals surface area contributed by atoms with Crippen molar-refractivity contribution in [2.75, 3.05) is 13.2 Å². The Labute approximate surface area is 419 Å². The number of ether oxygens (including phenoxy) is 2. The third kappa shape index (κ3) is 56.9. The van der Waals surface area contributed by atoms with Crippen LogP contribution in [0.3, 0.4) is 0 Å². The van der Waals surface area contributed by atoms with Crippen molar-refractivity contribution in [3.05, 3.63) is 24.3 Å². The van der Waals surface area contributed by atoms with Gasteiger partial charge in [-0.15, -0.1) is 0 Å². The van der Waals surface area contributed by atoms with E-state index in [0.717, 1.165) is 38.5 Å². The Kier molecular flexibility index (Phi) is 57.3. The molecule has 0 aromatic carbocycles. The van der Waals surface area contributed by atoms with Crippen LogP contribution < -0.4 is 0 Å². The molecule has 0 saturated carbocycles. The molecule has 5 nitrogen and oxygen atoms in total. The molecule has 1 N–H and O–H groups in total. The van der Waals surface area contributed by atoms with Crippen LogP contribution in [0.4, 0.5) is 0 Å². The molecule has 0 aromatic rings. The molecule has 0 fully saturated rings. The minimum atomic E-state index is -0.768. The third-order valence-corrected chi connectivity index (χ3v) is 14.0. The lowest BCUT2D eigenvalue weighted by Gasteiger charge is -2.15. The monoisotopic (exact) mass is 943 g/mol. The van der Waals surface area contributed by atoms with Gasteiger partial charge in [0.1, 0.15) is 6.61 Å². The Hall–Kier alpha value is -1.62. The second kappa shape index (κ2) is 58.7. The average molecular weight is 944 g/mol. The molecule has 0 heterocycles. The van der Waals surface area contributed by atoms with Crippen LogP contribution in [0.15, 0.2) is 24.3 Å². The normalized spacial score (nSPS) is 12.2. The fourth-order valence-electron chi connectivity index (χ4n) is 9.41. The van der Waals surface area contributed by atoms with Gasteiger partial charge < -0.3 is 14.6 Å². The number of esters is 2. The van der Waals surface area contributed by atoms with Crippen LogP contribution in [-0.4, -0.2) is 36.4 Å². The molecule has 67 heavy (non-hydrogen) atoms. The summed E-state index contributed by atoms with van der Waals surface area (Å²) in [6.45, 7) is 4.19. The Morgan fingerprint density at radius 1 is 0.343 bits per heavy atom. The van der Waals surface area contributed by atoms with Crippen molar-refractivity contribution in [1.82, 2.24) is 0 Å². The zero-order valence-electron chi connectivity index (χ0n) is 45.4. The van der Waals surface area contributed by atoms with Crippen molar-refractivity contribution in [3.8, 4) is 0 Å². The molecule has 0 spiro atoms. The quantitative estimate of drug-likeness (QED) is 0.0374. The maximum atomic E-state index is 12.3. The fraction of sp³-hybridized carbons (Fsp3) is 0.903. The number of aliphatic hydroxyl groups is 1. The summed E-state index contributed by atoms with van der Waals surface area (Å²) in [6.07, 6.45) is 74.6. The Morgan fingerprint density at radius 3 is 0.881 bits per heavy atom. The number of unbranched alkanes of at least 4 members (excludes halogenated alkanes) is 45. The van der Waals surface area contributed by atoms with Gasteiger partial charge in [-0.05, 0) is 44.9 Å². The van der Waals surface area contributed by atoms with Crippen LogP contribution in [0.2, 0.25) is 0 Å².